The van der Waals surface area contributed by atoms with Gasteiger partial charge in [-0.3, -0.25) is 0 Å². The van der Waals surface area contributed by atoms with Crippen molar-refractivity contribution >= 4 is 16.7 Å². The summed E-state index contributed by atoms with van der Waals surface area (Å²) in [5.74, 6) is 1.14. The summed E-state index contributed by atoms with van der Waals surface area (Å²) in [6, 6.07) is 22.1. The molecule has 0 aliphatic heterocycles. The second kappa shape index (κ2) is 9.02. The number of carbonyl (C=O) groups is 1. The van der Waals surface area contributed by atoms with Crippen LogP contribution < -0.4 is 14.2 Å². The zero-order valence-electron chi connectivity index (χ0n) is 18.2. The average Bonchev–Trinajstić information content (AvgIpc) is 2.78. The summed E-state index contributed by atoms with van der Waals surface area (Å²) < 4.78 is 17.5. The van der Waals surface area contributed by atoms with Crippen molar-refractivity contribution < 1.29 is 24.1 Å². The van der Waals surface area contributed by atoms with E-state index >= 15 is 0 Å². The zero-order chi connectivity index (χ0) is 22.7. The number of rotatable bonds is 7. The first-order valence-electron chi connectivity index (χ1n) is 10.3. The van der Waals surface area contributed by atoms with Gasteiger partial charge in [0.1, 0.15) is 18.1 Å². The molecule has 0 saturated carbocycles. The van der Waals surface area contributed by atoms with Crippen molar-refractivity contribution in [2.45, 2.75) is 20.5 Å². The number of methoxy groups -OCH3 is 1. The summed E-state index contributed by atoms with van der Waals surface area (Å²) in [5, 5.41) is 11.1. The van der Waals surface area contributed by atoms with Crippen LogP contribution in [0.15, 0.2) is 72.8 Å². The van der Waals surface area contributed by atoms with E-state index in [1.54, 1.807) is 25.3 Å². The van der Waals surface area contributed by atoms with Gasteiger partial charge in [0.2, 0.25) is 0 Å². The van der Waals surface area contributed by atoms with Gasteiger partial charge in [-0.1, -0.05) is 30.3 Å². The van der Waals surface area contributed by atoms with Crippen molar-refractivity contribution in [3.05, 3.63) is 95.1 Å². The van der Waals surface area contributed by atoms with E-state index in [0.29, 0.717) is 35.0 Å². The average molecular weight is 428 g/mol. The van der Waals surface area contributed by atoms with Crippen LogP contribution in [-0.2, 0) is 6.61 Å². The Kier molecular flexibility index (Phi) is 5.99. The Morgan fingerprint density at radius 1 is 0.844 bits per heavy atom. The van der Waals surface area contributed by atoms with Gasteiger partial charge < -0.3 is 19.3 Å². The SMILES string of the molecule is COc1ccccc1Oc1cc(C(=O)O)cc2cc(OCc3c(C)cccc3C)ccc12. The predicted molar refractivity (Wildman–Crippen MR) is 124 cm³/mol. The van der Waals surface area contributed by atoms with Gasteiger partial charge in [0.05, 0.1) is 12.7 Å². The highest BCUT2D eigenvalue weighted by atomic mass is 16.5. The van der Waals surface area contributed by atoms with E-state index in [9.17, 15) is 9.90 Å². The summed E-state index contributed by atoms with van der Waals surface area (Å²) >= 11 is 0. The summed E-state index contributed by atoms with van der Waals surface area (Å²) in [6.45, 7) is 4.56. The number of aromatic carboxylic acids is 1. The molecule has 0 unspecified atom stereocenters. The standard InChI is InChI=1S/C27H24O5/c1-17-7-6-8-18(2)23(17)16-31-21-11-12-22-19(14-21)13-20(27(28)29)15-26(22)32-25-10-5-4-9-24(25)30-3/h4-15H,16H2,1-3H3,(H,28,29). The van der Waals surface area contributed by atoms with E-state index in [1.165, 1.54) is 17.2 Å². The van der Waals surface area contributed by atoms with Gasteiger partial charge in [-0.05, 0) is 78.4 Å². The summed E-state index contributed by atoms with van der Waals surface area (Å²) in [7, 11) is 1.56. The van der Waals surface area contributed by atoms with Crippen molar-refractivity contribution in [1.29, 1.82) is 0 Å². The summed E-state index contributed by atoms with van der Waals surface area (Å²) in [5.41, 5.74) is 3.62. The van der Waals surface area contributed by atoms with Crippen LogP contribution >= 0.6 is 0 Å². The largest absolute Gasteiger partial charge is 0.493 e. The van der Waals surface area contributed by atoms with E-state index < -0.39 is 5.97 Å². The second-order valence-corrected chi connectivity index (χ2v) is 7.57. The van der Waals surface area contributed by atoms with Crippen molar-refractivity contribution in [2.75, 3.05) is 7.11 Å². The molecule has 0 bridgehead atoms. The molecule has 0 fully saturated rings. The summed E-state index contributed by atoms with van der Waals surface area (Å²) in [4.78, 5) is 11.7. The van der Waals surface area contributed by atoms with Crippen molar-refractivity contribution in [1.82, 2.24) is 0 Å². The summed E-state index contributed by atoms with van der Waals surface area (Å²) in [6.07, 6.45) is 0. The van der Waals surface area contributed by atoms with E-state index in [0.717, 1.165) is 10.9 Å². The number of fused-ring (bicyclic) bond motifs is 1. The van der Waals surface area contributed by atoms with Crippen LogP contribution in [0.3, 0.4) is 0 Å². The third-order valence-corrected chi connectivity index (χ3v) is 5.45. The molecule has 0 amide bonds. The smallest absolute Gasteiger partial charge is 0.335 e. The molecule has 0 atom stereocenters. The molecule has 1 N–H and O–H groups in total. The van der Waals surface area contributed by atoms with Crippen LogP contribution in [0.4, 0.5) is 0 Å². The number of benzene rings is 4. The molecule has 5 nitrogen and oxygen atoms in total. The van der Waals surface area contributed by atoms with Crippen LogP contribution in [0.5, 0.6) is 23.0 Å². The molecular formula is C27H24O5. The molecule has 4 rings (SSSR count). The Hall–Kier alpha value is -3.99. The third-order valence-electron chi connectivity index (χ3n) is 5.45. The normalized spacial score (nSPS) is 10.7. The van der Waals surface area contributed by atoms with Crippen LogP contribution in [0.2, 0.25) is 0 Å². The lowest BCUT2D eigenvalue weighted by atomic mass is 10.0. The Morgan fingerprint density at radius 3 is 2.25 bits per heavy atom. The number of carboxylic acid groups (broad SMARTS) is 1. The van der Waals surface area contributed by atoms with Gasteiger partial charge in [0, 0.05) is 5.39 Å². The number of hydrogen-bond acceptors (Lipinski definition) is 4. The first kappa shape index (κ1) is 21.2. The number of aryl methyl sites for hydroxylation is 2. The van der Waals surface area contributed by atoms with Crippen LogP contribution in [0, 0.1) is 13.8 Å². The maximum absolute atomic E-state index is 11.7. The number of para-hydroxylation sites is 2. The minimum Gasteiger partial charge on any atom is -0.493 e. The lowest BCUT2D eigenvalue weighted by molar-refractivity contribution is 0.0696. The van der Waals surface area contributed by atoms with Gasteiger partial charge in [-0.25, -0.2) is 4.79 Å². The highest BCUT2D eigenvalue weighted by Crippen LogP contribution is 2.37. The van der Waals surface area contributed by atoms with E-state index in [4.69, 9.17) is 14.2 Å². The fourth-order valence-corrected chi connectivity index (χ4v) is 3.66. The first-order chi connectivity index (χ1) is 15.5. The van der Waals surface area contributed by atoms with Gasteiger partial charge in [0.15, 0.2) is 11.5 Å². The Bertz CT molecular complexity index is 1270. The van der Waals surface area contributed by atoms with Crippen LogP contribution in [0.25, 0.3) is 10.8 Å². The van der Waals surface area contributed by atoms with Crippen molar-refractivity contribution in [3.8, 4) is 23.0 Å². The molecule has 4 aromatic carbocycles. The van der Waals surface area contributed by atoms with Gasteiger partial charge >= 0.3 is 5.97 Å². The fraction of sp³-hybridized carbons (Fsp3) is 0.148. The van der Waals surface area contributed by atoms with Gasteiger partial charge in [-0.2, -0.15) is 0 Å². The Balaban J connectivity index is 1.70. The highest BCUT2D eigenvalue weighted by molar-refractivity contribution is 5.98. The zero-order valence-corrected chi connectivity index (χ0v) is 18.2. The van der Waals surface area contributed by atoms with Crippen LogP contribution in [-0.4, -0.2) is 18.2 Å². The highest BCUT2D eigenvalue weighted by Gasteiger charge is 2.14. The third kappa shape index (κ3) is 4.37. The predicted octanol–water partition coefficient (Wildman–Crippen LogP) is 6.53. The number of carboxylic acids is 1. The van der Waals surface area contributed by atoms with Gasteiger partial charge in [0.25, 0.3) is 0 Å². The first-order valence-corrected chi connectivity index (χ1v) is 10.3. The monoisotopic (exact) mass is 428 g/mol. The molecule has 0 aromatic heterocycles. The fourth-order valence-electron chi connectivity index (χ4n) is 3.66. The molecule has 0 aliphatic carbocycles. The number of hydrogen-bond donors (Lipinski definition) is 1. The van der Waals surface area contributed by atoms with E-state index in [1.807, 2.05) is 36.4 Å². The molecule has 162 valence electrons. The molecule has 0 saturated heterocycles. The maximum atomic E-state index is 11.7. The number of ether oxygens (including phenoxy) is 3. The molecule has 5 heteroatoms. The maximum Gasteiger partial charge on any atom is 0.335 e. The molecule has 0 radical (unpaired) electrons. The minimum atomic E-state index is -1.03. The van der Waals surface area contributed by atoms with Crippen molar-refractivity contribution in [2.24, 2.45) is 0 Å². The van der Waals surface area contributed by atoms with Crippen molar-refractivity contribution in [3.63, 3.8) is 0 Å². The van der Waals surface area contributed by atoms with E-state index in [-0.39, 0.29) is 5.56 Å². The molecule has 0 spiro atoms. The Labute approximate surface area is 186 Å². The quantitative estimate of drug-likeness (QED) is 0.362. The van der Waals surface area contributed by atoms with Gasteiger partial charge in [-0.15, -0.1) is 0 Å². The lowest BCUT2D eigenvalue weighted by Crippen LogP contribution is -2.01. The molecule has 0 heterocycles. The molecule has 32 heavy (non-hydrogen) atoms. The lowest BCUT2D eigenvalue weighted by Gasteiger charge is -2.15. The molecular weight excluding hydrogens is 404 g/mol. The second-order valence-electron chi connectivity index (χ2n) is 7.57. The topological polar surface area (TPSA) is 65.0 Å². The minimum absolute atomic E-state index is 0.134. The molecule has 4 aromatic rings. The Morgan fingerprint density at radius 2 is 1.56 bits per heavy atom. The van der Waals surface area contributed by atoms with Crippen LogP contribution in [0.1, 0.15) is 27.0 Å². The molecule has 0 aliphatic rings. The van der Waals surface area contributed by atoms with E-state index in [2.05, 4.69) is 26.0 Å².